The second kappa shape index (κ2) is 6.39. The van der Waals surface area contributed by atoms with Crippen LogP contribution in [-0.2, 0) is 13.2 Å². The van der Waals surface area contributed by atoms with Crippen molar-refractivity contribution in [1.82, 2.24) is 0 Å². The van der Waals surface area contributed by atoms with Crippen molar-refractivity contribution in [3.63, 3.8) is 0 Å². The Morgan fingerprint density at radius 2 is 1.95 bits per heavy atom. The van der Waals surface area contributed by atoms with Gasteiger partial charge in [-0.05, 0) is 31.2 Å². The molecule has 0 heterocycles. The number of hydrogen-bond acceptors (Lipinski definition) is 3. The molecule has 0 aliphatic carbocycles. The third-order valence-corrected chi connectivity index (χ3v) is 3.13. The van der Waals surface area contributed by atoms with Gasteiger partial charge in [-0.3, -0.25) is 0 Å². The van der Waals surface area contributed by atoms with E-state index in [1.54, 1.807) is 25.3 Å². The number of aliphatic hydroxyl groups is 1. The minimum Gasteiger partial charge on any atom is -0.496 e. The van der Waals surface area contributed by atoms with Gasteiger partial charge in [-0.15, -0.1) is 0 Å². The van der Waals surface area contributed by atoms with Gasteiger partial charge in [0.2, 0.25) is 0 Å². The predicted molar refractivity (Wildman–Crippen MR) is 77.4 cm³/mol. The number of aryl methyl sites for hydroxylation is 1. The molecule has 2 aromatic carbocycles. The van der Waals surface area contributed by atoms with E-state index in [0.29, 0.717) is 23.4 Å². The van der Waals surface area contributed by atoms with Crippen molar-refractivity contribution in [3.05, 3.63) is 58.9 Å². The lowest BCUT2D eigenvalue weighted by atomic mass is 10.1. The molecule has 2 aromatic rings. The molecule has 0 radical (unpaired) electrons. The minimum atomic E-state index is -0.223. The molecule has 0 saturated heterocycles. The van der Waals surface area contributed by atoms with Crippen LogP contribution in [-0.4, -0.2) is 12.2 Å². The second-order valence-electron chi connectivity index (χ2n) is 4.63. The smallest absolute Gasteiger partial charge is 0.128 e. The average Bonchev–Trinajstić information content (AvgIpc) is 2.47. The van der Waals surface area contributed by atoms with Crippen LogP contribution in [0.5, 0.6) is 5.75 Å². The molecular weight excluding hydrogens is 257 g/mol. The van der Waals surface area contributed by atoms with E-state index in [1.807, 2.05) is 19.1 Å². The fourth-order valence-corrected chi connectivity index (χ4v) is 2.05. The summed E-state index contributed by atoms with van der Waals surface area (Å²) in [5, 5.41) is 12.4. The molecule has 0 aromatic heterocycles. The molecule has 4 heteroatoms. The molecule has 20 heavy (non-hydrogen) atoms. The second-order valence-corrected chi connectivity index (χ2v) is 4.63. The highest BCUT2D eigenvalue weighted by atomic mass is 19.1. The van der Waals surface area contributed by atoms with Gasteiger partial charge in [-0.25, -0.2) is 4.39 Å². The summed E-state index contributed by atoms with van der Waals surface area (Å²) < 4.78 is 18.8. The topological polar surface area (TPSA) is 41.5 Å². The Balaban J connectivity index is 2.12. The molecule has 0 atom stereocenters. The van der Waals surface area contributed by atoms with Crippen molar-refractivity contribution < 1.29 is 14.2 Å². The summed E-state index contributed by atoms with van der Waals surface area (Å²) in [6, 6.07) is 10.5. The van der Waals surface area contributed by atoms with Crippen molar-refractivity contribution in [2.24, 2.45) is 0 Å². The lowest BCUT2D eigenvalue weighted by Gasteiger charge is -2.11. The van der Waals surface area contributed by atoms with Crippen LogP contribution < -0.4 is 10.1 Å². The van der Waals surface area contributed by atoms with Gasteiger partial charge in [0.25, 0.3) is 0 Å². The van der Waals surface area contributed by atoms with Crippen LogP contribution in [0.4, 0.5) is 10.1 Å². The Hall–Kier alpha value is -2.07. The van der Waals surface area contributed by atoms with Crippen LogP contribution in [0, 0.1) is 12.7 Å². The van der Waals surface area contributed by atoms with Gasteiger partial charge in [0, 0.05) is 23.4 Å². The maximum Gasteiger partial charge on any atom is 0.128 e. The number of methoxy groups -OCH3 is 1. The van der Waals surface area contributed by atoms with E-state index in [1.165, 1.54) is 6.07 Å². The Morgan fingerprint density at radius 3 is 2.65 bits per heavy atom. The summed E-state index contributed by atoms with van der Waals surface area (Å²) in [7, 11) is 1.56. The average molecular weight is 275 g/mol. The fourth-order valence-electron chi connectivity index (χ4n) is 2.05. The number of halogens is 1. The first-order chi connectivity index (χ1) is 9.63. The molecule has 0 bridgehead atoms. The molecule has 3 nitrogen and oxygen atoms in total. The molecule has 0 aliphatic heterocycles. The van der Waals surface area contributed by atoms with Crippen molar-refractivity contribution in [2.45, 2.75) is 20.1 Å². The van der Waals surface area contributed by atoms with Crippen LogP contribution in [0.15, 0.2) is 36.4 Å². The van der Waals surface area contributed by atoms with Gasteiger partial charge in [0.1, 0.15) is 11.6 Å². The first-order valence-corrected chi connectivity index (χ1v) is 6.40. The molecule has 0 fully saturated rings. The first-order valence-electron chi connectivity index (χ1n) is 6.40. The lowest BCUT2D eigenvalue weighted by molar-refractivity contribution is 0.274. The molecule has 0 spiro atoms. The van der Waals surface area contributed by atoms with Gasteiger partial charge in [0.05, 0.1) is 13.7 Å². The number of nitrogens with one attached hydrogen (secondary N) is 1. The largest absolute Gasteiger partial charge is 0.496 e. The summed E-state index contributed by atoms with van der Waals surface area (Å²) in [6.45, 7) is 2.22. The third kappa shape index (κ3) is 3.27. The van der Waals surface area contributed by atoms with Gasteiger partial charge < -0.3 is 15.2 Å². The molecular formula is C16H18FNO2. The maximum absolute atomic E-state index is 13.6. The number of benzene rings is 2. The Kier molecular flexibility index (Phi) is 4.58. The summed E-state index contributed by atoms with van der Waals surface area (Å²) in [5.74, 6) is 0.416. The Bertz CT molecular complexity index is 599. The number of rotatable bonds is 5. The highest BCUT2D eigenvalue weighted by Gasteiger charge is 2.05. The van der Waals surface area contributed by atoms with Crippen LogP contribution in [0.1, 0.15) is 16.7 Å². The van der Waals surface area contributed by atoms with E-state index >= 15 is 0 Å². The monoisotopic (exact) mass is 275 g/mol. The fraction of sp³-hybridized carbons (Fsp3) is 0.250. The lowest BCUT2D eigenvalue weighted by Crippen LogP contribution is -2.03. The normalized spacial score (nSPS) is 10.4. The van der Waals surface area contributed by atoms with E-state index in [-0.39, 0.29) is 12.4 Å². The number of ether oxygens (including phenoxy) is 1. The molecule has 0 unspecified atom stereocenters. The van der Waals surface area contributed by atoms with Crippen molar-refractivity contribution in [2.75, 3.05) is 12.4 Å². The zero-order valence-corrected chi connectivity index (χ0v) is 11.6. The molecule has 0 aliphatic rings. The van der Waals surface area contributed by atoms with Crippen molar-refractivity contribution in [3.8, 4) is 5.75 Å². The van der Waals surface area contributed by atoms with Gasteiger partial charge in [0.15, 0.2) is 0 Å². The predicted octanol–water partition coefficient (Wildman–Crippen LogP) is 3.25. The maximum atomic E-state index is 13.6. The molecule has 0 amide bonds. The van der Waals surface area contributed by atoms with Gasteiger partial charge >= 0.3 is 0 Å². The van der Waals surface area contributed by atoms with E-state index in [0.717, 1.165) is 11.3 Å². The van der Waals surface area contributed by atoms with Crippen LogP contribution in [0.2, 0.25) is 0 Å². The van der Waals surface area contributed by atoms with Crippen LogP contribution in [0.3, 0.4) is 0 Å². The van der Waals surface area contributed by atoms with Gasteiger partial charge in [-0.2, -0.15) is 0 Å². The molecule has 2 rings (SSSR count). The van der Waals surface area contributed by atoms with Crippen LogP contribution >= 0.6 is 0 Å². The third-order valence-electron chi connectivity index (χ3n) is 3.13. The summed E-state index contributed by atoms with van der Waals surface area (Å²) in [5.41, 5.74) is 3.15. The number of aliphatic hydroxyl groups excluding tert-OH is 1. The van der Waals surface area contributed by atoms with Gasteiger partial charge in [-0.1, -0.05) is 17.7 Å². The number of anilines is 1. The molecule has 0 saturated carbocycles. The number of hydrogen-bond donors (Lipinski definition) is 2. The highest BCUT2D eigenvalue weighted by molar-refractivity contribution is 5.51. The minimum absolute atomic E-state index is 0.0997. The van der Waals surface area contributed by atoms with E-state index in [2.05, 4.69) is 5.32 Å². The van der Waals surface area contributed by atoms with E-state index in [4.69, 9.17) is 4.74 Å². The van der Waals surface area contributed by atoms with Crippen LogP contribution in [0.25, 0.3) is 0 Å². The zero-order valence-electron chi connectivity index (χ0n) is 11.6. The molecule has 106 valence electrons. The summed E-state index contributed by atoms with van der Waals surface area (Å²) in [4.78, 5) is 0. The van der Waals surface area contributed by atoms with E-state index < -0.39 is 0 Å². The quantitative estimate of drug-likeness (QED) is 0.880. The summed E-state index contributed by atoms with van der Waals surface area (Å²) in [6.07, 6.45) is 0. The SMILES string of the molecule is COc1ccc(NCc2cc(C)ccc2F)cc1CO. The first kappa shape index (κ1) is 14.3. The molecule has 2 N–H and O–H groups in total. The summed E-state index contributed by atoms with van der Waals surface area (Å²) >= 11 is 0. The Labute approximate surface area is 118 Å². The van der Waals surface area contributed by atoms with Crippen molar-refractivity contribution in [1.29, 1.82) is 0 Å². The Morgan fingerprint density at radius 1 is 1.15 bits per heavy atom. The highest BCUT2D eigenvalue weighted by Crippen LogP contribution is 2.23. The van der Waals surface area contributed by atoms with Crippen molar-refractivity contribution >= 4 is 5.69 Å². The zero-order chi connectivity index (χ0) is 14.5. The standard InChI is InChI=1S/C16H18FNO2/c1-11-3-5-15(17)12(7-11)9-18-14-4-6-16(20-2)13(8-14)10-19/h3-8,18-19H,9-10H2,1-2H3. The van der Waals surface area contributed by atoms with E-state index in [9.17, 15) is 9.50 Å².